The summed E-state index contributed by atoms with van der Waals surface area (Å²) in [6, 6.07) is 10.7. The van der Waals surface area contributed by atoms with E-state index in [9.17, 15) is 4.79 Å². The molecule has 2 aromatic carbocycles. The van der Waals surface area contributed by atoms with E-state index in [4.69, 9.17) is 27.9 Å². The summed E-state index contributed by atoms with van der Waals surface area (Å²) in [5.74, 6) is 0.531. The molecule has 98 valence electrons. The number of carbonyl (C=O) groups excluding carboxylic acids is 1. The molecular weight excluding hydrogens is 283 g/mol. The number of rotatable bonds is 4. The van der Waals surface area contributed by atoms with Gasteiger partial charge in [0, 0.05) is 16.1 Å². The standard InChI is InChI=1S/C15H12Cl2O2/c1-10-2-4-12(13(16)6-10)9-19-15-5-3-11(8-18)7-14(15)17/h2-8H,9H2,1H3. The number of carbonyl (C=O) groups is 1. The highest BCUT2D eigenvalue weighted by Gasteiger charge is 2.05. The molecule has 4 heteroatoms. The SMILES string of the molecule is Cc1ccc(COc2ccc(C=O)cc2Cl)c(Cl)c1. The molecule has 0 saturated carbocycles. The van der Waals surface area contributed by atoms with Gasteiger partial charge in [-0.2, -0.15) is 0 Å². The zero-order valence-electron chi connectivity index (χ0n) is 10.3. The Morgan fingerprint density at radius 1 is 1.11 bits per heavy atom. The van der Waals surface area contributed by atoms with Crippen LogP contribution in [0.25, 0.3) is 0 Å². The van der Waals surface area contributed by atoms with Crippen molar-refractivity contribution >= 4 is 29.5 Å². The van der Waals surface area contributed by atoms with Crippen molar-refractivity contribution in [2.24, 2.45) is 0 Å². The molecule has 0 heterocycles. The van der Waals surface area contributed by atoms with E-state index in [2.05, 4.69) is 0 Å². The third kappa shape index (κ3) is 3.49. The van der Waals surface area contributed by atoms with Gasteiger partial charge in [0.1, 0.15) is 18.6 Å². The van der Waals surface area contributed by atoms with Crippen LogP contribution in [0, 0.1) is 6.92 Å². The second-order valence-electron chi connectivity index (χ2n) is 4.19. The molecule has 0 aliphatic rings. The number of aldehydes is 1. The highest BCUT2D eigenvalue weighted by atomic mass is 35.5. The lowest BCUT2D eigenvalue weighted by Gasteiger charge is -2.10. The molecule has 0 aliphatic heterocycles. The summed E-state index contributed by atoms with van der Waals surface area (Å²) >= 11 is 12.1. The van der Waals surface area contributed by atoms with E-state index in [0.717, 1.165) is 17.4 Å². The van der Waals surface area contributed by atoms with Crippen LogP contribution >= 0.6 is 23.2 Å². The van der Waals surface area contributed by atoms with E-state index in [1.807, 2.05) is 25.1 Å². The van der Waals surface area contributed by atoms with Crippen molar-refractivity contribution < 1.29 is 9.53 Å². The summed E-state index contributed by atoms with van der Waals surface area (Å²) in [6.45, 7) is 2.31. The zero-order valence-corrected chi connectivity index (χ0v) is 11.8. The van der Waals surface area contributed by atoms with Crippen LogP contribution in [0.4, 0.5) is 0 Å². The molecule has 2 rings (SSSR count). The van der Waals surface area contributed by atoms with E-state index in [0.29, 0.717) is 28.0 Å². The first-order valence-electron chi connectivity index (χ1n) is 5.72. The second-order valence-corrected chi connectivity index (χ2v) is 5.01. The number of hydrogen-bond acceptors (Lipinski definition) is 2. The molecule has 0 aliphatic carbocycles. The van der Waals surface area contributed by atoms with Gasteiger partial charge in [0.25, 0.3) is 0 Å². The Hall–Kier alpha value is -1.51. The van der Waals surface area contributed by atoms with E-state index in [-0.39, 0.29) is 0 Å². The predicted molar refractivity (Wildman–Crippen MR) is 77.4 cm³/mol. The number of hydrogen-bond donors (Lipinski definition) is 0. The molecular formula is C15H12Cl2O2. The Bertz CT molecular complexity index is 609. The lowest BCUT2D eigenvalue weighted by molar-refractivity contribution is 0.112. The van der Waals surface area contributed by atoms with Crippen LogP contribution in [0.2, 0.25) is 10.0 Å². The minimum absolute atomic E-state index is 0.333. The Labute approximate surface area is 121 Å². The highest BCUT2D eigenvalue weighted by molar-refractivity contribution is 6.32. The first-order chi connectivity index (χ1) is 9.10. The van der Waals surface area contributed by atoms with Crippen molar-refractivity contribution in [1.82, 2.24) is 0 Å². The molecule has 0 radical (unpaired) electrons. The molecule has 0 fully saturated rings. The average Bonchev–Trinajstić information content (AvgIpc) is 2.39. The summed E-state index contributed by atoms with van der Waals surface area (Å²) in [5, 5.41) is 1.08. The second kappa shape index (κ2) is 6.09. The molecule has 19 heavy (non-hydrogen) atoms. The van der Waals surface area contributed by atoms with Gasteiger partial charge in [-0.15, -0.1) is 0 Å². The Morgan fingerprint density at radius 3 is 2.53 bits per heavy atom. The highest BCUT2D eigenvalue weighted by Crippen LogP contribution is 2.27. The van der Waals surface area contributed by atoms with Gasteiger partial charge in [0.2, 0.25) is 0 Å². The quantitative estimate of drug-likeness (QED) is 0.765. The van der Waals surface area contributed by atoms with Gasteiger partial charge < -0.3 is 4.74 Å². The molecule has 0 atom stereocenters. The first kappa shape index (κ1) is 13.9. The fourth-order valence-corrected chi connectivity index (χ4v) is 2.17. The lowest BCUT2D eigenvalue weighted by Crippen LogP contribution is -1.97. The molecule has 2 nitrogen and oxygen atoms in total. The summed E-state index contributed by atoms with van der Waals surface area (Å²) in [7, 11) is 0. The Morgan fingerprint density at radius 2 is 1.89 bits per heavy atom. The predicted octanol–water partition coefficient (Wildman–Crippen LogP) is 4.69. The molecule has 0 saturated heterocycles. The number of halogens is 2. The fourth-order valence-electron chi connectivity index (χ4n) is 1.63. The summed E-state index contributed by atoms with van der Waals surface area (Å²) in [4.78, 5) is 10.6. The zero-order chi connectivity index (χ0) is 13.8. The van der Waals surface area contributed by atoms with Crippen LogP contribution in [-0.2, 0) is 6.61 Å². The van der Waals surface area contributed by atoms with Gasteiger partial charge in [-0.1, -0.05) is 35.3 Å². The molecule has 0 N–H and O–H groups in total. The maximum Gasteiger partial charge on any atom is 0.150 e. The van der Waals surface area contributed by atoms with E-state index >= 15 is 0 Å². The molecule has 0 amide bonds. The average molecular weight is 295 g/mol. The van der Waals surface area contributed by atoms with E-state index < -0.39 is 0 Å². The lowest BCUT2D eigenvalue weighted by atomic mass is 10.1. The maximum atomic E-state index is 10.6. The molecule has 0 unspecified atom stereocenters. The summed E-state index contributed by atoms with van der Waals surface area (Å²) in [6.07, 6.45) is 0.743. The molecule has 0 spiro atoms. The summed E-state index contributed by atoms with van der Waals surface area (Å²) < 4.78 is 5.61. The van der Waals surface area contributed by atoms with Gasteiger partial charge >= 0.3 is 0 Å². The number of aryl methyl sites for hydroxylation is 1. The van der Waals surface area contributed by atoms with Crippen LogP contribution in [0.5, 0.6) is 5.75 Å². The topological polar surface area (TPSA) is 26.3 Å². The molecule has 2 aromatic rings. The van der Waals surface area contributed by atoms with Crippen molar-refractivity contribution in [3.8, 4) is 5.75 Å². The molecule has 0 aromatic heterocycles. The largest absolute Gasteiger partial charge is 0.487 e. The van der Waals surface area contributed by atoms with Crippen LogP contribution in [0.3, 0.4) is 0 Å². The van der Waals surface area contributed by atoms with Crippen molar-refractivity contribution in [1.29, 1.82) is 0 Å². The summed E-state index contributed by atoms with van der Waals surface area (Å²) in [5.41, 5.74) is 2.51. The van der Waals surface area contributed by atoms with Crippen LogP contribution in [-0.4, -0.2) is 6.29 Å². The monoisotopic (exact) mass is 294 g/mol. The minimum atomic E-state index is 0.333. The van der Waals surface area contributed by atoms with Gasteiger partial charge in [0.05, 0.1) is 5.02 Å². The normalized spacial score (nSPS) is 10.3. The Balaban J connectivity index is 2.12. The maximum absolute atomic E-state index is 10.6. The van der Waals surface area contributed by atoms with Crippen molar-refractivity contribution in [3.63, 3.8) is 0 Å². The number of ether oxygens (including phenoxy) is 1. The first-order valence-corrected chi connectivity index (χ1v) is 6.48. The fraction of sp³-hybridized carbons (Fsp3) is 0.133. The van der Waals surface area contributed by atoms with Crippen LogP contribution < -0.4 is 4.74 Å². The minimum Gasteiger partial charge on any atom is -0.487 e. The van der Waals surface area contributed by atoms with Crippen molar-refractivity contribution in [2.75, 3.05) is 0 Å². The van der Waals surface area contributed by atoms with Gasteiger partial charge in [-0.25, -0.2) is 0 Å². The number of benzene rings is 2. The van der Waals surface area contributed by atoms with Gasteiger partial charge in [-0.05, 0) is 36.8 Å². The third-order valence-electron chi connectivity index (χ3n) is 2.68. The van der Waals surface area contributed by atoms with Gasteiger partial charge in [0.15, 0.2) is 0 Å². The third-order valence-corrected chi connectivity index (χ3v) is 3.33. The van der Waals surface area contributed by atoms with Crippen LogP contribution in [0.1, 0.15) is 21.5 Å². The van der Waals surface area contributed by atoms with E-state index in [1.54, 1.807) is 18.2 Å². The smallest absolute Gasteiger partial charge is 0.150 e. The van der Waals surface area contributed by atoms with Gasteiger partial charge in [-0.3, -0.25) is 4.79 Å². The van der Waals surface area contributed by atoms with Crippen molar-refractivity contribution in [2.45, 2.75) is 13.5 Å². The van der Waals surface area contributed by atoms with E-state index in [1.165, 1.54) is 0 Å². The van der Waals surface area contributed by atoms with Crippen molar-refractivity contribution in [3.05, 3.63) is 63.1 Å². The Kier molecular flexibility index (Phi) is 4.46. The van der Waals surface area contributed by atoms with Crippen LogP contribution in [0.15, 0.2) is 36.4 Å². The molecule has 0 bridgehead atoms.